The molecule has 1 aromatic carbocycles. The van der Waals surface area contributed by atoms with Crippen molar-refractivity contribution in [2.45, 2.75) is 32.0 Å². The van der Waals surface area contributed by atoms with Gasteiger partial charge in [-0.3, -0.25) is 0 Å². The van der Waals surface area contributed by atoms with Crippen LogP contribution in [0.5, 0.6) is 0 Å². The van der Waals surface area contributed by atoms with E-state index < -0.39 is 18.3 Å². The van der Waals surface area contributed by atoms with Gasteiger partial charge in [-0.1, -0.05) is 23.7 Å². The Morgan fingerprint density at radius 3 is 2.61 bits per heavy atom. The van der Waals surface area contributed by atoms with Crippen LogP contribution in [0.15, 0.2) is 24.3 Å². The number of benzene rings is 1. The molecular formula is C13H18BClO3. The smallest absolute Gasteiger partial charge is 0.399 e. The molecule has 0 spiro atoms. The van der Waals surface area contributed by atoms with Crippen molar-refractivity contribution in [2.75, 3.05) is 13.7 Å². The summed E-state index contributed by atoms with van der Waals surface area (Å²) in [7, 11) is 1.26. The average molecular weight is 269 g/mol. The Morgan fingerprint density at radius 1 is 1.28 bits per heavy atom. The molecule has 0 bridgehead atoms. The van der Waals surface area contributed by atoms with Gasteiger partial charge in [-0.25, -0.2) is 0 Å². The molecule has 3 nitrogen and oxygen atoms in total. The van der Waals surface area contributed by atoms with Crippen LogP contribution in [-0.4, -0.2) is 32.0 Å². The Kier molecular flexibility index (Phi) is 3.74. The van der Waals surface area contributed by atoms with Crippen molar-refractivity contribution < 1.29 is 14.0 Å². The van der Waals surface area contributed by atoms with Gasteiger partial charge in [-0.2, -0.15) is 0 Å². The Labute approximate surface area is 114 Å². The van der Waals surface area contributed by atoms with E-state index in [1.807, 2.05) is 45.0 Å². The third kappa shape index (κ3) is 2.43. The fourth-order valence-electron chi connectivity index (χ4n) is 2.07. The summed E-state index contributed by atoms with van der Waals surface area (Å²) in [5.74, 6) is 0. The molecule has 0 amide bonds. The Morgan fingerprint density at radius 2 is 2.00 bits per heavy atom. The predicted octanol–water partition coefficient (Wildman–Crippen LogP) is 2.27. The van der Waals surface area contributed by atoms with Crippen molar-refractivity contribution in [3.8, 4) is 0 Å². The maximum absolute atomic E-state index is 6.04. The topological polar surface area (TPSA) is 27.7 Å². The molecule has 0 radical (unpaired) electrons. The number of hydrogen-bond acceptors (Lipinski definition) is 3. The lowest BCUT2D eigenvalue weighted by Crippen LogP contribution is -2.48. The van der Waals surface area contributed by atoms with Gasteiger partial charge in [0.2, 0.25) is 0 Å². The zero-order valence-corrected chi connectivity index (χ0v) is 12.0. The number of halogens is 1. The molecule has 1 atom stereocenters. The predicted molar refractivity (Wildman–Crippen MR) is 73.4 cm³/mol. The van der Waals surface area contributed by atoms with E-state index in [9.17, 15) is 0 Å². The number of hydrogen-bond donors (Lipinski definition) is 0. The van der Waals surface area contributed by atoms with Crippen LogP contribution >= 0.6 is 11.6 Å². The first kappa shape index (κ1) is 13.9. The molecule has 1 aliphatic rings. The van der Waals surface area contributed by atoms with Crippen molar-refractivity contribution in [1.29, 1.82) is 0 Å². The summed E-state index contributed by atoms with van der Waals surface area (Å²) in [5.41, 5.74) is 0.0282. The van der Waals surface area contributed by atoms with Crippen molar-refractivity contribution >= 4 is 24.2 Å². The zero-order chi connectivity index (χ0) is 13.4. The summed E-state index contributed by atoms with van der Waals surface area (Å²) in [6, 6.07) is 7.54. The van der Waals surface area contributed by atoms with Crippen LogP contribution in [-0.2, 0) is 14.0 Å². The summed E-state index contributed by atoms with van der Waals surface area (Å²) in [6.45, 7) is 6.51. The first-order valence-corrected chi connectivity index (χ1v) is 6.36. The fraction of sp³-hybridized carbons (Fsp3) is 0.538. The van der Waals surface area contributed by atoms with E-state index >= 15 is 0 Å². The van der Waals surface area contributed by atoms with E-state index in [1.165, 1.54) is 0 Å². The van der Waals surface area contributed by atoms with Gasteiger partial charge >= 0.3 is 7.12 Å². The van der Waals surface area contributed by atoms with Crippen molar-refractivity contribution in [3.05, 3.63) is 29.3 Å². The molecule has 1 unspecified atom stereocenters. The Bertz CT molecular complexity index is 438. The third-order valence-corrected chi connectivity index (χ3v) is 3.82. The molecule has 1 aromatic rings. The lowest BCUT2D eigenvalue weighted by Gasteiger charge is -2.35. The molecule has 2 rings (SSSR count). The second-order valence-electron chi connectivity index (χ2n) is 5.30. The summed E-state index contributed by atoms with van der Waals surface area (Å²) >= 11 is 5.99. The molecular weight excluding hydrogens is 250 g/mol. The van der Waals surface area contributed by atoms with E-state index in [0.717, 1.165) is 5.46 Å². The SMILES string of the molecule is COCC1(C)OB(c2cccc(Cl)c2)OC1(C)C. The van der Waals surface area contributed by atoms with E-state index in [2.05, 4.69) is 0 Å². The molecule has 1 heterocycles. The van der Waals surface area contributed by atoms with Crippen LogP contribution in [0.2, 0.25) is 5.02 Å². The summed E-state index contributed by atoms with van der Waals surface area (Å²) in [5, 5.41) is 0.679. The van der Waals surface area contributed by atoms with Gasteiger partial charge in [0.25, 0.3) is 0 Å². The fourth-order valence-corrected chi connectivity index (χ4v) is 2.27. The van der Waals surface area contributed by atoms with Gasteiger partial charge in [0.15, 0.2) is 0 Å². The molecule has 0 saturated carbocycles. The molecule has 5 heteroatoms. The normalized spacial score (nSPS) is 26.6. The Balaban J connectivity index is 2.25. The molecule has 1 aliphatic heterocycles. The van der Waals surface area contributed by atoms with E-state index in [-0.39, 0.29) is 0 Å². The van der Waals surface area contributed by atoms with Crippen LogP contribution < -0.4 is 5.46 Å². The van der Waals surface area contributed by atoms with Gasteiger partial charge in [0.1, 0.15) is 5.60 Å². The summed E-state index contributed by atoms with van der Waals surface area (Å²) < 4.78 is 17.3. The van der Waals surface area contributed by atoms with Gasteiger partial charge in [0, 0.05) is 12.1 Å². The van der Waals surface area contributed by atoms with Gasteiger partial charge < -0.3 is 14.0 Å². The zero-order valence-electron chi connectivity index (χ0n) is 11.2. The lowest BCUT2D eigenvalue weighted by molar-refractivity contribution is -0.0594. The second-order valence-corrected chi connectivity index (χ2v) is 5.73. The minimum atomic E-state index is -0.477. The average Bonchev–Trinajstić information content (AvgIpc) is 2.50. The van der Waals surface area contributed by atoms with Gasteiger partial charge in [0.05, 0.1) is 12.2 Å². The quantitative estimate of drug-likeness (QED) is 0.787. The highest BCUT2D eigenvalue weighted by Gasteiger charge is 2.54. The first-order valence-electron chi connectivity index (χ1n) is 5.98. The van der Waals surface area contributed by atoms with Crippen molar-refractivity contribution in [2.24, 2.45) is 0 Å². The third-order valence-electron chi connectivity index (χ3n) is 3.58. The van der Waals surface area contributed by atoms with Crippen LogP contribution in [0.3, 0.4) is 0 Å². The highest BCUT2D eigenvalue weighted by Crippen LogP contribution is 2.37. The molecule has 0 aromatic heterocycles. The maximum Gasteiger partial charge on any atom is 0.494 e. The first-order chi connectivity index (χ1) is 8.38. The van der Waals surface area contributed by atoms with E-state index in [0.29, 0.717) is 11.6 Å². The molecule has 0 aliphatic carbocycles. The van der Waals surface area contributed by atoms with Crippen LogP contribution in [0.1, 0.15) is 20.8 Å². The molecule has 1 fully saturated rings. The van der Waals surface area contributed by atoms with Gasteiger partial charge in [-0.15, -0.1) is 0 Å². The summed E-state index contributed by atoms with van der Waals surface area (Å²) in [4.78, 5) is 0. The Hall–Kier alpha value is -0.545. The molecule has 0 N–H and O–H groups in total. The number of ether oxygens (including phenoxy) is 1. The largest absolute Gasteiger partial charge is 0.494 e. The highest BCUT2D eigenvalue weighted by atomic mass is 35.5. The summed E-state index contributed by atoms with van der Waals surface area (Å²) in [6.07, 6.45) is 0. The lowest BCUT2D eigenvalue weighted by atomic mass is 9.79. The highest BCUT2D eigenvalue weighted by molar-refractivity contribution is 6.62. The second kappa shape index (κ2) is 4.85. The van der Waals surface area contributed by atoms with Crippen molar-refractivity contribution in [3.63, 3.8) is 0 Å². The maximum atomic E-state index is 6.04. The van der Waals surface area contributed by atoms with Crippen LogP contribution in [0.4, 0.5) is 0 Å². The van der Waals surface area contributed by atoms with E-state index in [1.54, 1.807) is 7.11 Å². The van der Waals surface area contributed by atoms with E-state index in [4.69, 9.17) is 25.6 Å². The molecule has 98 valence electrons. The van der Waals surface area contributed by atoms with Crippen molar-refractivity contribution in [1.82, 2.24) is 0 Å². The van der Waals surface area contributed by atoms with Crippen LogP contribution in [0, 0.1) is 0 Å². The minimum absolute atomic E-state index is 0.404. The standard InChI is InChI=1S/C13H18BClO3/c1-12(2)13(3,9-16-4)18-14(17-12)10-6-5-7-11(15)8-10/h5-8H,9H2,1-4H3. The monoisotopic (exact) mass is 268 g/mol. The molecule has 18 heavy (non-hydrogen) atoms. The number of methoxy groups -OCH3 is 1. The number of rotatable bonds is 3. The molecule has 1 saturated heterocycles. The van der Waals surface area contributed by atoms with Crippen LogP contribution in [0.25, 0.3) is 0 Å². The minimum Gasteiger partial charge on any atom is -0.399 e. The van der Waals surface area contributed by atoms with Gasteiger partial charge in [-0.05, 0) is 38.4 Å².